The van der Waals surface area contributed by atoms with Gasteiger partial charge in [-0.3, -0.25) is 19.8 Å². The van der Waals surface area contributed by atoms with Gasteiger partial charge in [0.05, 0.1) is 24.6 Å². The number of tetrazole rings is 1. The summed E-state index contributed by atoms with van der Waals surface area (Å²) in [5, 5.41) is 18.0. The fourth-order valence-corrected chi connectivity index (χ4v) is 6.24. The molecule has 4 aromatic rings. The Hall–Kier alpha value is -4.00. The molecule has 1 aliphatic heterocycles. The second kappa shape index (κ2) is 11.6. The van der Waals surface area contributed by atoms with Gasteiger partial charge in [0.1, 0.15) is 0 Å². The highest BCUT2D eigenvalue weighted by molar-refractivity contribution is 7.15. The number of thiazole rings is 1. The number of amides is 2. The number of aromatic nitrogens is 5. The first kappa shape index (κ1) is 26.2. The van der Waals surface area contributed by atoms with Crippen molar-refractivity contribution in [2.24, 2.45) is 0 Å². The van der Waals surface area contributed by atoms with Crippen LogP contribution in [0.2, 0.25) is 0 Å². The summed E-state index contributed by atoms with van der Waals surface area (Å²) in [4.78, 5) is 34.2. The summed E-state index contributed by atoms with van der Waals surface area (Å²) in [6.07, 6.45) is 2.98. The van der Waals surface area contributed by atoms with Crippen LogP contribution in [0.3, 0.4) is 0 Å². The van der Waals surface area contributed by atoms with Crippen molar-refractivity contribution in [2.45, 2.75) is 38.8 Å². The Balaban J connectivity index is 1.04. The minimum atomic E-state index is -0.211. The molecule has 1 fully saturated rings. The van der Waals surface area contributed by atoms with Crippen LogP contribution < -0.4 is 10.6 Å². The number of carbonyl (C=O) groups excluding carboxylic acids is 2. The van der Waals surface area contributed by atoms with Gasteiger partial charge in [-0.15, -0.1) is 16.4 Å². The number of ether oxygens (including phenoxy) is 1. The number of nitrogens with one attached hydrogen (secondary N) is 2. The Morgan fingerprint density at radius 1 is 1.07 bits per heavy atom. The molecule has 0 bridgehead atoms. The summed E-state index contributed by atoms with van der Waals surface area (Å²) in [6.45, 7) is 5.65. The molecule has 2 amide bonds. The number of benzene rings is 2. The van der Waals surface area contributed by atoms with Gasteiger partial charge < -0.3 is 10.1 Å². The maximum atomic E-state index is 13.0. The Morgan fingerprint density at radius 3 is 2.67 bits per heavy atom. The van der Waals surface area contributed by atoms with Crippen molar-refractivity contribution in [2.75, 3.05) is 31.6 Å². The van der Waals surface area contributed by atoms with Crippen molar-refractivity contribution >= 4 is 28.3 Å². The zero-order chi connectivity index (χ0) is 27.5. The molecule has 12 heteroatoms. The average molecular weight is 559 g/mol. The fraction of sp³-hybridized carbons (Fsp3) is 0.357. The summed E-state index contributed by atoms with van der Waals surface area (Å²) >= 11 is 1.57. The number of morpholine rings is 1. The van der Waals surface area contributed by atoms with Crippen LogP contribution in [0.4, 0.5) is 5.13 Å². The lowest BCUT2D eigenvalue weighted by atomic mass is 9.96. The second-order valence-corrected chi connectivity index (χ2v) is 11.0. The van der Waals surface area contributed by atoms with E-state index in [2.05, 4.69) is 31.1 Å². The Morgan fingerprint density at radius 2 is 1.90 bits per heavy atom. The zero-order valence-corrected chi connectivity index (χ0v) is 23.0. The molecule has 1 atom stereocenters. The molecule has 2 aliphatic rings. The first-order valence-corrected chi connectivity index (χ1v) is 14.2. The molecule has 206 valence electrons. The summed E-state index contributed by atoms with van der Waals surface area (Å²) in [7, 11) is 0. The zero-order valence-electron chi connectivity index (χ0n) is 22.2. The molecule has 40 heavy (non-hydrogen) atoms. The maximum absolute atomic E-state index is 13.0. The van der Waals surface area contributed by atoms with Crippen molar-refractivity contribution < 1.29 is 14.3 Å². The van der Waals surface area contributed by atoms with E-state index in [1.165, 1.54) is 4.88 Å². The summed E-state index contributed by atoms with van der Waals surface area (Å²) in [5.74, 6) is 0.240. The van der Waals surface area contributed by atoms with Crippen LogP contribution >= 0.6 is 11.3 Å². The second-order valence-electron chi connectivity index (χ2n) is 9.96. The Bertz CT molecular complexity index is 1510. The van der Waals surface area contributed by atoms with Crippen LogP contribution in [-0.2, 0) is 24.1 Å². The van der Waals surface area contributed by atoms with Gasteiger partial charge in [-0.2, -0.15) is 4.68 Å². The minimum absolute atomic E-state index is 0.210. The monoisotopic (exact) mass is 558 g/mol. The molecular formula is C28H30N8O3S. The molecule has 2 N–H and O–H groups in total. The van der Waals surface area contributed by atoms with Gasteiger partial charge in [0, 0.05) is 41.7 Å². The van der Waals surface area contributed by atoms with Crippen LogP contribution in [0, 0.1) is 6.92 Å². The summed E-state index contributed by atoms with van der Waals surface area (Å²) in [5.41, 5.74) is 3.74. The predicted octanol–water partition coefficient (Wildman–Crippen LogP) is 2.80. The van der Waals surface area contributed by atoms with Gasteiger partial charge in [0.25, 0.3) is 11.8 Å². The van der Waals surface area contributed by atoms with Gasteiger partial charge in [-0.05, 0) is 78.6 Å². The lowest BCUT2D eigenvalue weighted by molar-refractivity contribution is 0.0139. The standard InChI is InChI=1S/C28H30N8O3S/c1-18-32-33-34-36(18)22-7-5-20(6-8-22)26(37)29-17-19-3-2-4-21(15-19)27(38)31-28-30-24-10-9-23(16-25(24)40-28)35-11-13-39-14-12-35/h2-8,15,23H,9-14,16-17H2,1H3,(H,29,37)(H,30,31,38)/t23-/m0/s1. The highest BCUT2D eigenvalue weighted by Gasteiger charge is 2.28. The number of hydrogen-bond donors (Lipinski definition) is 2. The number of hydrogen-bond acceptors (Lipinski definition) is 9. The van der Waals surface area contributed by atoms with E-state index in [1.54, 1.807) is 59.3 Å². The molecule has 1 saturated heterocycles. The fourth-order valence-electron chi connectivity index (χ4n) is 5.17. The third-order valence-electron chi connectivity index (χ3n) is 7.34. The van der Waals surface area contributed by atoms with E-state index < -0.39 is 0 Å². The smallest absolute Gasteiger partial charge is 0.257 e. The van der Waals surface area contributed by atoms with Gasteiger partial charge in [-0.1, -0.05) is 12.1 Å². The van der Waals surface area contributed by atoms with Crippen LogP contribution in [0.25, 0.3) is 5.69 Å². The van der Waals surface area contributed by atoms with Crippen molar-refractivity contribution in [1.29, 1.82) is 0 Å². The lowest BCUT2D eigenvalue weighted by Crippen LogP contribution is -2.45. The topological polar surface area (TPSA) is 127 Å². The summed E-state index contributed by atoms with van der Waals surface area (Å²) < 4.78 is 7.10. The van der Waals surface area contributed by atoms with Crippen LogP contribution in [0.1, 0.15) is 49.1 Å². The van der Waals surface area contributed by atoms with Gasteiger partial charge in [-0.25, -0.2) is 4.98 Å². The number of nitrogens with zero attached hydrogens (tertiary/aromatic N) is 6. The van der Waals surface area contributed by atoms with E-state index in [1.807, 2.05) is 12.1 Å². The third-order valence-corrected chi connectivity index (χ3v) is 8.37. The first-order valence-electron chi connectivity index (χ1n) is 13.4. The third kappa shape index (κ3) is 5.79. The van der Waals surface area contributed by atoms with Crippen molar-refractivity contribution in [3.05, 3.63) is 81.6 Å². The molecular weight excluding hydrogens is 528 g/mol. The van der Waals surface area contributed by atoms with Crippen LogP contribution in [-0.4, -0.2) is 74.3 Å². The van der Waals surface area contributed by atoms with Gasteiger partial charge in [0.2, 0.25) is 0 Å². The molecule has 0 spiro atoms. The number of rotatable bonds is 7. The van der Waals surface area contributed by atoms with E-state index in [-0.39, 0.29) is 11.8 Å². The quantitative estimate of drug-likeness (QED) is 0.355. The number of anilines is 1. The van der Waals surface area contributed by atoms with E-state index in [9.17, 15) is 9.59 Å². The van der Waals surface area contributed by atoms with E-state index in [0.29, 0.717) is 34.7 Å². The largest absolute Gasteiger partial charge is 0.379 e. The predicted molar refractivity (Wildman–Crippen MR) is 150 cm³/mol. The SMILES string of the molecule is Cc1nnnn1-c1ccc(C(=O)NCc2cccc(C(=O)Nc3nc4c(s3)C[C@@H](N3CCOCC3)CC4)c2)cc1. The first-order chi connectivity index (χ1) is 19.5. The van der Waals surface area contributed by atoms with Crippen molar-refractivity contribution in [3.63, 3.8) is 0 Å². The molecule has 0 unspecified atom stereocenters. The molecule has 0 saturated carbocycles. The Labute approximate surface area is 235 Å². The minimum Gasteiger partial charge on any atom is -0.379 e. The molecule has 3 heterocycles. The lowest BCUT2D eigenvalue weighted by Gasteiger charge is -2.36. The summed E-state index contributed by atoms with van der Waals surface area (Å²) in [6, 6.07) is 14.8. The van der Waals surface area contributed by atoms with Crippen molar-refractivity contribution in [1.82, 2.24) is 35.4 Å². The molecule has 6 rings (SSSR count). The highest BCUT2D eigenvalue weighted by atomic mass is 32.1. The highest BCUT2D eigenvalue weighted by Crippen LogP contribution is 2.32. The van der Waals surface area contributed by atoms with Gasteiger partial charge >= 0.3 is 0 Å². The van der Waals surface area contributed by atoms with Gasteiger partial charge in [0.15, 0.2) is 11.0 Å². The maximum Gasteiger partial charge on any atom is 0.257 e. The number of aryl methyl sites for hydroxylation is 2. The Kier molecular flexibility index (Phi) is 7.62. The van der Waals surface area contributed by atoms with E-state index in [0.717, 1.165) is 62.5 Å². The molecule has 11 nitrogen and oxygen atoms in total. The van der Waals surface area contributed by atoms with Crippen LogP contribution in [0.5, 0.6) is 0 Å². The van der Waals surface area contributed by atoms with Crippen LogP contribution in [0.15, 0.2) is 48.5 Å². The number of fused-ring (bicyclic) bond motifs is 1. The molecule has 1 aliphatic carbocycles. The normalized spacial score (nSPS) is 17.3. The van der Waals surface area contributed by atoms with E-state index in [4.69, 9.17) is 9.72 Å². The molecule has 2 aromatic heterocycles. The number of carbonyl (C=O) groups is 2. The molecule has 2 aromatic carbocycles. The average Bonchev–Trinajstić information content (AvgIpc) is 3.61. The van der Waals surface area contributed by atoms with E-state index >= 15 is 0 Å². The van der Waals surface area contributed by atoms with Crippen molar-refractivity contribution in [3.8, 4) is 5.69 Å². The molecule has 0 radical (unpaired) electrons.